The number of esters is 1. The second-order valence-corrected chi connectivity index (χ2v) is 13.5. The van der Waals surface area contributed by atoms with Crippen LogP contribution in [0, 0.1) is 48.8 Å². The first-order valence-corrected chi connectivity index (χ1v) is 15.7. The number of hydrogen-bond donors (Lipinski definition) is 3. The van der Waals surface area contributed by atoms with Crippen molar-refractivity contribution in [1.29, 1.82) is 0 Å². The van der Waals surface area contributed by atoms with Gasteiger partial charge < -0.3 is 20.1 Å². The Labute approximate surface area is 270 Å². The molecule has 3 saturated carbocycles. The zero-order chi connectivity index (χ0) is 35.1. The summed E-state index contributed by atoms with van der Waals surface area (Å²) in [6.45, 7) is 6.55. The predicted molar refractivity (Wildman–Crippen MR) is 165 cm³/mol. The van der Waals surface area contributed by atoms with Gasteiger partial charge >= 0.3 is 11.7 Å². The second kappa shape index (κ2) is 12.9. The Morgan fingerprint density at radius 1 is 1.15 bits per heavy atom. The minimum absolute atomic E-state index is 0.0769. The predicted octanol–water partition coefficient (Wildman–Crippen LogP) is 4.85. The zero-order valence-electron chi connectivity index (χ0n) is 26.8. The van der Waals surface area contributed by atoms with Crippen molar-refractivity contribution < 1.29 is 48.7 Å². The topological polar surface area (TPSA) is 207 Å². The number of fused-ring (bicyclic) bond motifs is 5. The Balaban J connectivity index is 0.000000323. The van der Waals surface area contributed by atoms with Crippen molar-refractivity contribution in [1.82, 2.24) is 0 Å². The minimum atomic E-state index is -2.03. The van der Waals surface area contributed by atoms with Crippen LogP contribution in [0.25, 0.3) is 0 Å². The molecule has 0 amide bonds. The van der Waals surface area contributed by atoms with E-state index in [0.29, 0.717) is 37.3 Å². The number of aliphatic hydroxyl groups is 2. The van der Waals surface area contributed by atoms with Crippen LogP contribution in [-0.2, 0) is 19.1 Å². The molecule has 0 bridgehead atoms. The van der Waals surface area contributed by atoms with E-state index in [9.17, 15) is 44.8 Å². The van der Waals surface area contributed by atoms with Gasteiger partial charge in [-0.05, 0) is 63.2 Å². The largest absolute Gasteiger partial charge is 0.502 e. The highest BCUT2D eigenvalue weighted by Gasteiger charge is 2.77. The molecule has 14 heteroatoms. The second-order valence-electron chi connectivity index (χ2n) is 13.5. The number of nitro groups is 2. The van der Waals surface area contributed by atoms with Crippen molar-refractivity contribution in [3.8, 4) is 5.75 Å². The molecule has 47 heavy (non-hydrogen) atoms. The number of carbonyl (C=O) groups is 3. The molecule has 4 aliphatic carbocycles. The van der Waals surface area contributed by atoms with Gasteiger partial charge in [-0.2, -0.15) is 0 Å². The van der Waals surface area contributed by atoms with Gasteiger partial charge in [0, 0.05) is 35.2 Å². The summed E-state index contributed by atoms with van der Waals surface area (Å²) in [5.41, 5.74) is -6.20. The number of non-ortho nitro benzene ring substituents is 1. The minimum Gasteiger partial charge on any atom is -0.502 e. The molecular formula is C33H41FN2O11. The fourth-order valence-corrected chi connectivity index (χ4v) is 8.84. The van der Waals surface area contributed by atoms with Crippen molar-refractivity contribution in [3.05, 3.63) is 62.2 Å². The third-order valence-electron chi connectivity index (χ3n) is 11.1. The van der Waals surface area contributed by atoms with Gasteiger partial charge in [-0.3, -0.25) is 34.6 Å². The number of phenolic OH excluding ortho intramolecular Hbond substituents is 1. The van der Waals surface area contributed by atoms with Crippen molar-refractivity contribution in [2.24, 2.45) is 28.6 Å². The van der Waals surface area contributed by atoms with Crippen molar-refractivity contribution in [3.63, 3.8) is 0 Å². The Hall–Kier alpha value is -4.04. The number of Topliss-reactive ketones (excluding diaryl/α,β-unsaturated/α-hetero) is 1. The summed E-state index contributed by atoms with van der Waals surface area (Å²) in [5, 5.41) is 50.7. The average molecular weight is 661 g/mol. The number of nitrogens with zero attached hydrogens (tertiary/aromatic N) is 2. The van der Waals surface area contributed by atoms with E-state index in [2.05, 4.69) is 0 Å². The van der Waals surface area contributed by atoms with Crippen LogP contribution in [-0.4, -0.2) is 66.7 Å². The number of allylic oxidation sites excluding steroid dienone is 4. The van der Waals surface area contributed by atoms with Gasteiger partial charge in [-0.25, -0.2) is 4.39 Å². The fourth-order valence-electron chi connectivity index (χ4n) is 8.84. The molecule has 0 saturated heterocycles. The number of benzene rings is 1. The normalized spacial score (nSPS) is 35.3. The monoisotopic (exact) mass is 660 g/mol. The molecule has 0 spiro atoms. The number of halogens is 1. The van der Waals surface area contributed by atoms with Gasteiger partial charge in [0.1, 0.15) is 6.61 Å². The van der Waals surface area contributed by atoms with E-state index in [1.54, 1.807) is 13.0 Å². The molecule has 4 aliphatic rings. The molecule has 256 valence electrons. The van der Waals surface area contributed by atoms with Gasteiger partial charge in [0.05, 0.1) is 22.0 Å². The number of hydrogen-bond acceptors (Lipinski definition) is 11. The molecule has 0 radical (unpaired) electrons. The maximum atomic E-state index is 17.3. The van der Waals surface area contributed by atoms with E-state index in [1.807, 2.05) is 20.8 Å². The van der Waals surface area contributed by atoms with Crippen molar-refractivity contribution >= 4 is 28.9 Å². The van der Waals surface area contributed by atoms with E-state index < -0.39 is 85.4 Å². The molecule has 3 fully saturated rings. The number of nitro benzene ring substituents is 2. The average Bonchev–Trinajstić information content (AvgIpc) is 3.23. The van der Waals surface area contributed by atoms with E-state index >= 15 is 4.39 Å². The van der Waals surface area contributed by atoms with Crippen LogP contribution >= 0.6 is 0 Å². The number of ether oxygens (including phenoxy) is 1. The van der Waals surface area contributed by atoms with Crippen LogP contribution in [0.2, 0.25) is 0 Å². The number of aromatic hydroxyl groups is 1. The highest BCUT2D eigenvalue weighted by Crippen LogP contribution is 2.71. The fraction of sp³-hybridized carbons (Fsp3) is 0.606. The summed E-state index contributed by atoms with van der Waals surface area (Å²) < 4.78 is 23.3. The number of rotatable bonds is 8. The summed E-state index contributed by atoms with van der Waals surface area (Å²) in [4.78, 5) is 56.9. The molecule has 0 unspecified atom stereocenters. The molecule has 0 heterocycles. The Kier molecular flexibility index (Phi) is 9.80. The van der Waals surface area contributed by atoms with Crippen molar-refractivity contribution in [2.75, 3.05) is 6.61 Å². The van der Waals surface area contributed by atoms with Gasteiger partial charge in [0.15, 0.2) is 22.8 Å². The smallest absolute Gasteiger partial charge is 0.317 e. The molecule has 8 atom stereocenters. The van der Waals surface area contributed by atoms with Crippen LogP contribution in [0.5, 0.6) is 5.75 Å². The van der Waals surface area contributed by atoms with Crippen molar-refractivity contribution in [2.45, 2.75) is 90.0 Å². The van der Waals surface area contributed by atoms with Gasteiger partial charge in [0.2, 0.25) is 5.78 Å². The van der Waals surface area contributed by atoms with Gasteiger partial charge in [-0.1, -0.05) is 38.8 Å². The number of aliphatic hydroxyl groups excluding tert-OH is 2. The lowest BCUT2D eigenvalue weighted by atomic mass is 9.44. The Bertz CT molecular complexity index is 1540. The van der Waals surface area contributed by atoms with Crippen LogP contribution < -0.4 is 0 Å². The molecular weight excluding hydrogens is 619 g/mol. The number of unbranched alkanes of at least 4 members (excludes halogenated alkanes) is 1. The summed E-state index contributed by atoms with van der Waals surface area (Å²) in [7, 11) is 0. The summed E-state index contributed by atoms with van der Waals surface area (Å²) in [5.74, 6) is -3.21. The lowest BCUT2D eigenvalue weighted by Crippen LogP contribution is -2.70. The highest BCUT2D eigenvalue weighted by atomic mass is 19.1. The summed E-state index contributed by atoms with van der Waals surface area (Å²) in [6, 6.07) is 2.61. The summed E-state index contributed by atoms with van der Waals surface area (Å²) in [6.07, 6.45) is 5.92. The third-order valence-corrected chi connectivity index (χ3v) is 11.1. The first kappa shape index (κ1) is 35.8. The SMILES string of the molecule is CCCCC(=O)O[C@]1(C(=O)CO)[C@@H](C)C[C@H]2[C@@H]3CCC4=CC(=O)C=C[C@]4(C)[C@@]3(F)[C@@H](O)C[C@@]21C.O=[N+]([O-])c1ccc(O)c([N+](=O)[O-])c1. The van der Waals surface area contributed by atoms with E-state index in [0.717, 1.165) is 18.6 Å². The molecule has 3 N–H and O–H groups in total. The van der Waals surface area contributed by atoms with E-state index in [-0.39, 0.29) is 24.5 Å². The number of ketones is 2. The van der Waals surface area contributed by atoms with Gasteiger partial charge in [0.25, 0.3) is 5.69 Å². The van der Waals surface area contributed by atoms with E-state index in [1.165, 1.54) is 12.2 Å². The standard InChI is InChI=1S/C27H37FO6.C6H4N2O5/c1-5-6-7-23(33)34-27(22(32)15-29)16(2)12-20-19-9-8-17-13-18(30)10-11-24(17,3)26(19,28)21(31)14-25(20,27)4;9-6-2-1-4(7(10)11)3-5(6)8(12)13/h10-11,13,16,19-21,29,31H,5-9,12,14-15H2,1-4H3;1-3,9H/t16-,19-,20-,21-,24-,25-,26-,27-;/m0./s1. The van der Waals surface area contributed by atoms with E-state index in [4.69, 9.17) is 9.84 Å². The molecule has 0 aliphatic heterocycles. The van der Waals surface area contributed by atoms with Crippen LogP contribution in [0.1, 0.15) is 72.6 Å². The maximum Gasteiger partial charge on any atom is 0.317 e. The first-order chi connectivity index (χ1) is 21.9. The first-order valence-electron chi connectivity index (χ1n) is 15.7. The highest BCUT2D eigenvalue weighted by molar-refractivity contribution is 6.01. The quantitative estimate of drug-likeness (QED) is 0.195. The maximum absolute atomic E-state index is 17.3. The molecule has 1 aromatic carbocycles. The molecule has 0 aromatic heterocycles. The van der Waals surface area contributed by atoms with Crippen LogP contribution in [0.15, 0.2) is 42.0 Å². The van der Waals surface area contributed by atoms with Gasteiger partial charge in [-0.15, -0.1) is 0 Å². The number of phenols is 1. The third kappa shape index (κ3) is 5.54. The lowest BCUT2D eigenvalue weighted by molar-refractivity contribution is -0.394. The molecule has 13 nitrogen and oxygen atoms in total. The molecule has 1 aromatic rings. The molecule has 5 rings (SSSR count). The van der Waals surface area contributed by atoms with Crippen LogP contribution in [0.4, 0.5) is 15.8 Å². The van der Waals surface area contributed by atoms with Crippen LogP contribution in [0.3, 0.4) is 0 Å². The Morgan fingerprint density at radius 3 is 2.43 bits per heavy atom. The lowest BCUT2D eigenvalue weighted by Gasteiger charge is -2.62. The number of carbonyl (C=O) groups excluding carboxylic acids is 3. The zero-order valence-corrected chi connectivity index (χ0v) is 26.8. The summed E-state index contributed by atoms with van der Waals surface area (Å²) >= 11 is 0. The Morgan fingerprint density at radius 2 is 1.83 bits per heavy atom. The number of alkyl halides is 1.